The van der Waals surface area contributed by atoms with Gasteiger partial charge in [0.05, 0.1) is 12.7 Å². The second kappa shape index (κ2) is 7.81. The van der Waals surface area contributed by atoms with Gasteiger partial charge in [-0.05, 0) is 31.0 Å². The van der Waals surface area contributed by atoms with Gasteiger partial charge in [0.1, 0.15) is 24.2 Å². The lowest BCUT2D eigenvalue weighted by molar-refractivity contribution is 0.105. The fraction of sp³-hybridized carbons (Fsp3) is 0.438. The second-order valence-electron chi connectivity index (χ2n) is 4.96. The first-order valence-corrected chi connectivity index (χ1v) is 7.19. The highest BCUT2D eigenvalue weighted by molar-refractivity contribution is 5.27. The number of aromatic nitrogens is 1. The summed E-state index contributed by atoms with van der Waals surface area (Å²) in [6, 6.07) is 7.92. The van der Waals surface area contributed by atoms with Gasteiger partial charge < -0.3 is 19.6 Å². The molecule has 1 aromatic heterocycles. The van der Waals surface area contributed by atoms with E-state index < -0.39 is 6.10 Å². The van der Waals surface area contributed by atoms with E-state index in [1.807, 2.05) is 31.2 Å². The number of ether oxygens (including phenoxy) is 1. The van der Waals surface area contributed by atoms with Crippen molar-refractivity contribution in [3.8, 4) is 5.75 Å². The maximum atomic E-state index is 9.86. The number of rotatable bonds is 8. The molecule has 1 aromatic carbocycles. The number of oxazole rings is 1. The van der Waals surface area contributed by atoms with Crippen LogP contribution in [-0.2, 0) is 13.0 Å². The lowest BCUT2D eigenvalue weighted by Gasteiger charge is -2.13. The van der Waals surface area contributed by atoms with Gasteiger partial charge in [0, 0.05) is 6.54 Å². The number of hydrogen-bond acceptors (Lipinski definition) is 5. The van der Waals surface area contributed by atoms with Gasteiger partial charge in [-0.2, -0.15) is 0 Å². The Labute approximate surface area is 125 Å². The van der Waals surface area contributed by atoms with Crippen LogP contribution in [0.5, 0.6) is 5.75 Å². The van der Waals surface area contributed by atoms with E-state index in [1.165, 1.54) is 5.56 Å². The predicted molar refractivity (Wildman–Crippen MR) is 80.3 cm³/mol. The maximum Gasteiger partial charge on any atom is 0.208 e. The molecule has 0 aliphatic carbocycles. The molecule has 0 aliphatic rings. The third-order valence-electron chi connectivity index (χ3n) is 3.10. The summed E-state index contributed by atoms with van der Waals surface area (Å²) in [5, 5.41) is 12.9. The van der Waals surface area contributed by atoms with E-state index in [0.717, 1.165) is 17.9 Å². The number of benzene rings is 1. The number of aliphatic hydroxyl groups excluding tert-OH is 1. The maximum absolute atomic E-state index is 9.86. The summed E-state index contributed by atoms with van der Waals surface area (Å²) in [5.41, 5.74) is 1.27. The molecule has 0 fully saturated rings. The molecule has 1 atom stereocenters. The van der Waals surface area contributed by atoms with Crippen LogP contribution < -0.4 is 10.1 Å². The molecule has 5 nitrogen and oxygen atoms in total. The minimum Gasteiger partial charge on any atom is -0.491 e. The van der Waals surface area contributed by atoms with E-state index >= 15 is 0 Å². The molecule has 0 saturated carbocycles. The minimum absolute atomic E-state index is 0.253. The predicted octanol–water partition coefficient (Wildman–Crippen LogP) is 2.07. The van der Waals surface area contributed by atoms with Gasteiger partial charge in [-0.1, -0.05) is 19.1 Å². The van der Waals surface area contributed by atoms with E-state index in [4.69, 9.17) is 9.15 Å². The Balaban J connectivity index is 1.65. The van der Waals surface area contributed by atoms with Gasteiger partial charge in [0.15, 0.2) is 0 Å². The van der Waals surface area contributed by atoms with Gasteiger partial charge in [-0.25, -0.2) is 4.98 Å². The van der Waals surface area contributed by atoms with Crippen molar-refractivity contribution in [1.29, 1.82) is 0 Å². The molecule has 1 heterocycles. The molecule has 1 unspecified atom stereocenters. The highest BCUT2D eigenvalue weighted by Crippen LogP contribution is 2.12. The van der Waals surface area contributed by atoms with Crippen molar-refractivity contribution in [1.82, 2.24) is 10.3 Å². The molecule has 2 N–H and O–H groups in total. The summed E-state index contributed by atoms with van der Waals surface area (Å²) in [4.78, 5) is 4.08. The van der Waals surface area contributed by atoms with Crippen molar-refractivity contribution in [2.24, 2.45) is 0 Å². The zero-order chi connectivity index (χ0) is 15.1. The Morgan fingerprint density at radius 1 is 1.33 bits per heavy atom. The number of aliphatic hydroxyl groups is 1. The molecule has 2 aromatic rings. The van der Waals surface area contributed by atoms with Gasteiger partial charge in [0.25, 0.3) is 0 Å². The third-order valence-corrected chi connectivity index (χ3v) is 3.10. The quantitative estimate of drug-likeness (QED) is 0.779. The average Bonchev–Trinajstić information content (AvgIpc) is 2.91. The van der Waals surface area contributed by atoms with Crippen molar-refractivity contribution >= 4 is 0 Å². The summed E-state index contributed by atoms with van der Waals surface area (Å²) in [7, 11) is 0. The van der Waals surface area contributed by atoms with Gasteiger partial charge in [0.2, 0.25) is 5.89 Å². The first kappa shape index (κ1) is 15.5. The summed E-state index contributed by atoms with van der Waals surface area (Å²) in [5.74, 6) is 2.18. The number of nitrogens with one attached hydrogen (secondary N) is 1. The van der Waals surface area contributed by atoms with Crippen molar-refractivity contribution in [2.75, 3.05) is 13.2 Å². The molecule has 114 valence electrons. The zero-order valence-corrected chi connectivity index (χ0v) is 12.5. The van der Waals surface area contributed by atoms with Crippen LogP contribution in [0.1, 0.15) is 24.1 Å². The molecular formula is C16H22N2O3. The Kier molecular flexibility index (Phi) is 5.78. The molecular weight excluding hydrogens is 268 g/mol. The van der Waals surface area contributed by atoms with Crippen LogP contribution in [0.25, 0.3) is 0 Å². The molecule has 0 bridgehead atoms. The lowest BCUT2D eigenvalue weighted by Crippen LogP contribution is -2.31. The molecule has 21 heavy (non-hydrogen) atoms. The molecule has 0 aliphatic heterocycles. The summed E-state index contributed by atoms with van der Waals surface area (Å²) in [6.45, 7) is 5.14. The van der Waals surface area contributed by atoms with Gasteiger partial charge in [-0.3, -0.25) is 0 Å². The SMILES string of the molecule is CCc1ccc(OCC(O)CNCc2ncc(C)o2)cc1. The summed E-state index contributed by atoms with van der Waals surface area (Å²) < 4.78 is 10.9. The average molecular weight is 290 g/mol. The van der Waals surface area contributed by atoms with Gasteiger partial charge in [-0.15, -0.1) is 0 Å². The fourth-order valence-corrected chi connectivity index (χ4v) is 1.90. The Morgan fingerprint density at radius 3 is 2.71 bits per heavy atom. The third kappa shape index (κ3) is 5.21. The number of hydrogen-bond donors (Lipinski definition) is 2. The van der Waals surface area contributed by atoms with Crippen LogP contribution in [0.3, 0.4) is 0 Å². The van der Waals surface area contributed by atoms with Crippen LogP contribution in [0.4, 0.5) is 0 Å². The van der Waals surface area contributed by atoms with Crippen LogP contribution in [0.15, 0.2) is 34.9 Å². The largest absolute Gasteiger partial charge is 0.491 e. The molecule has 0 spiro atoms. The monoisotopic (exact) mass is 290 g/mol. The fourth-order valence-electron chi connectivity index (χ4n) is 1.90. The smallest absolute Gasteiger partial charge is 0.208 e. The van der Waals surface area contributed by atoms with E-state index in [2.05, 4.69) is 17.2 Å². The van der Waals surface area contributed by atoms with E-state index in [1.54, 1.807) is 6.20 Å². The lowest BCUT2D eigenvalue weighted by atomic mass is 10.2. The zero-order valence-electron chi connectivity index (χ0n) is 12.5. The number of nitrogens with zero attached hydrogens (tertiary/aromatic N) is 1. The Bertz CT molecular complexity index is 537. The molecule has 2 rings (SSSR count). The first-order chi connectivity index (χ1) is 10.2. The minimum atomic E-state index is -0.577. The van der Waals surface area contributed by atoms with Crippen LogP contribution >= 0.6 is 0 Å². The summed E-state index contributed by atoms with van der Waals surface area (Å²) in [6.07, 6.45) is 2.11. The highest BCUT2D eigenvalue weighted by Gasteiger charge is 2.06. The van der Waals surface area contributed by atoms with Crippen molar-refractivity contribution in [3.05, 3.63) is 47.7 Å². The molecule has 0 saturated heterocycles. The van der Waals surface area contributed by atoms with Crippen LogP contribution in [-0.4, -0.2) is 29.3 Å². The van der Waals surface area contributed by atoms with E-state index in [-0.39, 0.29) is 6.61 Å². The topological polar surface area (TPSA) is 67.5 Å². The van der Waals surface area contributed by atoms with Crippen molar-refractivity contribution < 1.29 is 14.3 Å². The summed E-state index contributed by atoms with van der Waals surface area (Å²) >= 11 is 0. The van der Waals surface area contributed by atoms with Gasteiger partial charge >= 0.3 is 0 Å². The highest BCUT2D eigenvalue weighted by atomic mass is 16.5. The molecule has 0 radical (unpaired) electrons. The van der Waals surface area contributed by atoms with Crippen LogP contribution in [0.2, 0.25) is 0 Å². The van der Waals surface area contributed by atoms with E-state index in [9.17, 15) is 5.11 Å². The first-order valence-electron chi connectivity index (χ1n) is 7.19. The van der Waals surface area contributed by atoms with Crippen LogP contribution in [0, 0.1) is 6.92 Å². The molecule has 0 amide bonds. The van der Waals surface area contributed by atoms with Crippen molar-refractivity contribution in [2.45, 2.75) is 32.9 Å². The Morgan fingerprint density at radius 2 is 2.10 bits per heavy atom. The standard InChI is InChI=1S/C16H22N2O3/c1-3-13-4-6-15(7-5-13)20-11-14(19)9-17-10-16-18-8-12(2)21-16/h4-8,14,17,19H,3,9-11H2,1-2H3. The van der Waals surface area contributed by atoms with E-state index in [0.29, 0.717) is 19.0 Å². The number of aryl methyl sites for hydroxylation is 2. The van der Waals surface area contributed by atoms with Crippen molar-refractivity contribution in [3.63, 3.8) is 0 Å². The normalized spacial score (nSPS) is 12.3. The Hall–Kier alpha value is -1.85. The second-order valence-corrected chi connectivity index (χ2v) is 4.96. The molecule has 5 heteroatoms.